The van der Waals surface area contributed by atoms with Gasteiger partial charge in [0.05, 0.1) is 12.5 Å². The Balaban J connectivity index is 2.60. The Labute approximate surface area is 114 Å². The Morgan fingerprint density at radius 1 is 1.47 bits per heavy atom. The monoisotopic (exact) mass is 282 g/mol. The van der Waals surface area contributed by atoms with Gasteiger partial charge in [-0.25, -0.2) is 4.79 Å². The van der Waals surface area contributed by atoms with Crippen LogP contribution in [0.15, 0.2) is 18.2 Å². The Kier molecular flexibility index (Phi) is 5.64. The van der Waals surface area contributed by atoms with Crippen molar-refractivity contribution in [3.63, 3.8) is 0 Å². The highest BCUT2D eigenvalue weighted by Crippen LogP contribution is 2.22. The molecular formula is C12H11ClN2O4. The highest BCUT2D eigenvalue weighted by atomic mass is 35.5. The first-order valence-corrected chi connectivity index (χ1v) is 5.71. The van der Waals surface area contributed by atoms with E-state index in [0.717, 1.165) is 0 Å². The minimum absolute atomic E-state index is 0.0623. The zero-order chi connectivity index (χ0) is 14.3. The van der Waals surface area contributed by atoms with Gasteiger partial charge in [-0.05, 0) is 18.2 Å². The topological polar surface area (TPSA) is 99.4 Å². The third-order valence-electron chi connectivity index (χ3n) is 2.09. The van der Waals surface area contributed by atoms with E-state index < -0.39 is 11.9 Å². The molecule has 0 aliphatic rings. The molecule has 6 nitrogen and oxygen atoms in total. The molecular weight excluding hydrogens is 272 g/mol. The molecule has 1 aromatic rings. The maximum absolute atomic E-state index is 11.3. The lowest BCUT2D eigenvalue weighted by Crippen LogP contribution is -2.29. The number of ether oxygens (including phenoxy) is 1. The number of carbonyl (C=O) groups is 2. The summed E-state index contributed by atoms with van der Waals surface area (Å²) in [6.45, 7) is -0.0988. The number of benzene rings is 1. The molecule has 100 valence electrons. The molecule has 0 aliphatic carbocycles. The maximum atomic E-state index is 11.3. The summed E-state index contributed by atoms with van der Waals surface area (Å²) in [7, 11) is 0. The highest BCUT2D eigenvalue weighted by molar-refractivity contribution is 6.31. The van der Waals surface area contributed by atoms with Crippen molar-refractivity contribution in [3.8, 4) is 11.8 Å². The van der Waals surface area contributed by atoms with Crippen molar-refractivity contribution >= 4 is 23.5 Å². The number of amides is 1. The van der Waals surface area contributed by atoms with Gasteiger partial charge < -0.3 is 15.2 Å². The van der Waals surface area contributed by atoms with Crippen LogP contribution < -0.4 is 10.1 Å². The first kappa shape index (κ1) is 14.8. The second kappa shape index (κ2) is 7.24. The van der Waals surface area contributed by atoms with Crippen molar-refractivity contribution in [1.82, 2.24) is 5.32 Å². The van der Waals surface area contributed by atoms with Crippen LogP contribution in [0.4, 0.5) is 0 Å². The van der Waals surface area contributed by atoms with Gasteiger partial charge in [-0.2, -0.15) is 5.26 Å². The molecule has 0 radical (unpaired) electrons. The summed E-state index contributed by atoms with van der Waals surface area (Å²) in [6, 6.07) is 5.97. The summed E-state index contributed by atoms with van der Waals surface area (Å²) in [4.78, 5) is 22.3. The molecule has 0 fully saturated rings. The van der Waals surface area contributed by atoms with Gasteiger partial charge in [-0.1, -0.05) is 11.6 Å². The fourth-order valence-electron chi connectivity index (χ4n) is 1.25. The molecule has 19 heavy (non-hydrogen) atoms. The number of carboxylic acid groups (broad SMARTS) is 1. The van der Waals surface area contributed by atoms with E-state index in [4.69, 9.17) is 26.7 Å². The average molecular weight is 283 g/mol. The van der Waals surface area contributed by atoms with Crippen LogP contribution in [0.25, 0.3) is 0 Å². The summed E-state index contributed by atoms with van der Waals surface area (Å²) >= 11 is 5.68. The van der Waals surface area contributed by atoms with Crippen molar-refractivity contribution < 1.29 is 19.4 Å². The second-order valence-electron chi connectivity index (χ2n) is 3.49. The van der Waals surface area contributed by atoms with Gasteiger partial charge >= 0.3 is 5.97 Å². The molecule has 1 rings (SSSR count). The lowest BCUT2D eigenvalue weighted by Gasteiger charge is -2.09. The van der Waals surface area contributed by atoms with Crippen molar-refractivity contribution in [3.05, 3.63) is 28.8 Å². The lowest BCUT2D eigenvalue weighted by atomic mass is 10.2. The Morgan fingerprint density at radius 3 is 2.84 bits per heavy atom. The van der Waals surface area contributed by atoms with E-state index in [-0.39, 0.29) is 35.9 Å². The molecule has 0 heterocycles. The summed E-state index contributed by atoms with van der Waals surface area (Å²) < 4.78 is 5.11. The SMILES string of the molecule is N#CCCNC(=O)COc1ccc(Cl)cc1C(=O)O. The minimum atomic E-state index is -1.19. The largest absolute Gasteiger partial charge is 0.483 e. The molecule has 1 amide bonds. The van der Waals surface area contributed by atoms with E-state index >= 15 is 0 Å². The fourth-order valence-corrected chi connectivity index (χ4v) is 1.42. The molecule has 0 unspecified atom stereocenters. The van der Waals surface area contributed by atoms with Gasteiger partial charge in [-0.3, -0.25) is 4.79 Å². The van der Waals surface area contributed by atoms with Crippen LogP contribution in [0.5, 0.6) is 5.75 Å². The predicted molar refractivity (Wildman–Crippen MR) is 67.1 cm³/mol. The average Bonchev–Trinajstić information content (AvgIpc) is 2.37. The third kappa shape index (κ3) is 4.85. The highest BCUT2D eigenvalue weighted by Gasteiger charge is 2.13. The standard InChI is InChI=1S/C12H11ClN2O4/c13-8-2-3-10(9(6-8)12(17)18)19-7-11(16)15-5-1-4-14/h2-3,6H,1,5,7H2,(H,15,16)(H,17,18). The molecule has 0 atom stereocenters. The second-order valence-corrected chi connectivity index (χ2v) is 3.93. The number of hydrogen-bond donors (Lipinski definition) is 2. The lowest BCUT2D eigenvalue weighted by molar-refractivity contribution is -0.123. The van der Waals surface area contributed by atoms with E-state index in [1.807, 2.05) is 6.07 Å². The van der Waals surface area contributed by atoms with Gasteiger partial charge in [-0.15, -0.1) is 0 Å². The molecule has 2 N–H and O–H groups in total. The van der Waals surface area contributed by atoms with Gasteiger partial charge in [0.2, 0.25) is 0 Å². The zero-order valence-corrected chi connectivity index (χ0v) is 10.6. The Morgan fingerprint density at radius 2 is 2.21 bits per heavy atom. The van der Waals surface area contributed by atoms with Crippen molar-refractivity contribution in [1.29, 1.82) is 5.26 Å². The minimum Gasteiger partial charge on any atom is -0.483 e. The normalized spacial score (nSPS) is 9.47. The van der Waals surface area contributed by atoms with Crippen LogP contribution in [0, 0.1) is 11.3 Å². The van der Waals surface area contributed by atoms with Gasteiger partial charge in [0.25, 0.3) is 5.91 Å². The van der Waals surface area contributed by atoms with Crippen LogP contribution in [-0.2, 0) is 4.79 Å². The molecule has 0 aromatic heterocycles. The van der Waals surface area contributed by atoms with Gasteiger partial charge in [0.15, 0.2) is 6.61 Å². The quantitative estimate of drug-likeness (QED) is 0.769. The van der Waals surface area contributed by atoms with E-state index in [1.165, 1.54) is 18.2 Å². The summed E-state index contributed by atoms with van der Waals surface area (Å²) in [5.74, 6) is -1.56. The number of aromatic carboxylic acids is 1. The van der Waals surface area contributed by atoms with Crippen LogP contribution in [0.2, 0.25) is 5.02 Å². The van der Waals surface area contributed by atoms with Crippen LogP contribution in [-0.4, -0.2) is 30.1 Å². The fraction of sp³-hybridized carbons (Fsp3) is 0.250. The number of nitrogens with one attached hydrogen (secondary N) is 1. The number of hydrogen-bond acceptors (Lipinski definition) is 4. The molecule has 0 saturated carbocycles. The first-order chi connectivity index (χ1) is 9.04. The molecule has 0 bridgehead atoms. The predicted octanol–water partition coefficient (Wildman–Crippen LogP) is 1.45. The number of halogens is 1. The number of nitriles is 1. The number of rotatable bonds is 6. The number of carboxylic acids is 1. The molecule has 0 spiro atoms. The van der Waals surface area contributed by atoms with E-state index in [0.29, 0.717) is 0 Å². The molecule has 0 saturated heterocycles. The third-order valence-corrected chi connectivity index (χ3v) is 2.32. The number of nitrogens with zero attached hydrogens (tertiary/aromatic N) is 1. The summed E-state index contributed by atoms with van der Waals surface area (Å²) in [5, 5.41) is 20.0. The molecule has 7 heteroatoms. The molecule has 0 aliphatic heterocycles. The van der Waals surface area contributed by atoms with E-state index in [1.54, 1.807) is 0 Å². The smallest absolute Gasteiger partial charge is 0.339 e. The van der Waals surface area contributed by atoms with E-state index in [9.17, 15) is 9.59 Å². The van der Waals surface area contributed by atoms with Crippen LogP contribution >= 0.6 is 11.6 Å². The van der Waals surface area contributed by atoms with Crippen molar-refractivity contribution in [2.24, 2.45) is 0 Å². The summed E-state index contributed by atoms with van der Waals surface area (Å²) in [5.41, 5.74) is -0.114. The Hall–Kier alpha value is -2.26. The van der Waals surface area contributed by atoms with Crippen molar-refractivity contribution in [2.45, 2.75) is 6.42 Å². The van der Waals surface area contributed by atoms with Crippen LogP contribution in [0.3, 0.4) is 0 Å². The number of carbonyl (C=O) groups excluding carboxylic acids is 1. The molecule has 1 aromatic carbocycles. The van der Waals surface area contributed by atoms with Gasteiger partial charge in [0.1, 0.15) is 11.3 Å². The first-order valence-electron chi connectivity index (χ1n) is 5.34. The zero-order valence-electron chi connectivity index (χ0n) is 9.85. The van der Waals surface area contributed by atoms with Crippen LogP contribution in [0.1, 0.15) is 16.8 Å². The summed E-state index contributed by atoms with van der Waals surface area (Å²) in [6.07, 6.45) is 0.201. The van der Waals surface area contributed by atoms with E-state index in [2.05, 4.69) is 5.32 Å². The van der Waals surface area contributed by atoms with Gasteiger partial charge in [0, 0.05) is 11.6 Å². The maximum Gasteiger partial charge on any atom is 0.339 e. The Bertz CT molecular complexity index is 525. The van der Waals surface area contributed by atoms with Crippen molar-refractivity contribution in [2.75, 3.05) is 13.2 Å².